The number of piperazine rings is 1. The first-order valence-electron chi connectivity index (χ1n) is 22.1. The van der Waals surface area contributed by atoms with Gasteiger partial charge in [-0.1, -0.05) is 47.5 Å². The lowest BCUT2D eigenvalue weighted by atomic mass is 9.61. The Morgan fingerprint density at radius 3 is 2.32 bits per heavy atom. The normalized spacial score (nSPS) is 25.1. The van der Waals surface area contributed by atoms with Gasteiger partial charge >= 0.3 is 6.01 Å². The van der Waals surface area contributed by atoms with Crippen LogP contribution in [0, 0.1) is 22.3 Å². The van der Waals surface area contributed by atoms with Crippen molar-refractivity contribution in [2.45, 2.75) is 114 Å². The average Bonchev–Trinajstić information content (AvgIpc) is 3.80. The van der Waals surface area contributed by atoms with Crippen molar-refractivity contribution in [2.75, 3.05) is 44.2 Å². The third-order valence-corrected chi connectivity index (χ3v) is 23.5. The zero-order valence-electron chi connectivity index (χ0n) is 36.0. The number of rotatable bonds is 10. The number of alkyl halides is 4. The second-order valence-corrected chi connectivity index (χ2v) is 27.7. The number of hydrogen-bond acceptors (Lipinski definition) is 10. The summed E-state index contributed by atoms with van der Waals surface area (Å²) in [6.45, 7) is 16.2. The van der Waals surface area contributed by atoms with Crippen LogP contribution in [0.1, 0.15) is 79.2 Å². The van der Waals surface area contributed by atoms with Gasteiger partial charge in [0.25, 0.3) is 5.92 Å². The zero-order chi connectivity index (χ0) is 43.1. The van der Waals surface area contributed by atoms with Gasteiger partial charge in [0.15, 0.2) is 0 Å². The summed E-state index contributed by atoms with van der Waals surface area (Å²) < 4.78 is 66.3. The molecule has 0 unspecified atom stereocenters. The van der Waals surface area contributed by atoms with Crippen molar-refractivity contribution in [3.05, 3.63) is 35.5 Å². The number of pyridine rings is 1. The first-order valence-corrected chi connectivity index (χ1v) is 26.0. The van der Waals surface area contributed by atoms with Gasteiger partial charge in [-0.05, 0) is 41.6 Å². The molecule has 8 heterocycles. The summed E-state index contributed by atoms with van der Waals surface area (Å²) in [5.41, 5.74) is 7.30. The van der Waals surface area contributed by atoms with Crippen LogP contribution in [0.3, 0.4) is 0 Å². The lowest BCUT2D eigenvalue weighted by molar-refractivity contribution is -0.217. The second kappa shape index (κ2) is 14.1. The molecule has 1 aromatic carbocycles. The molecule has 2 aliphatic carbocycles. The molecule has 2 saturated carbocycles. The molecule has 6 aromatic rings. The third kappa shape index (κ3) is 6.33. The first-order chi connectivity index (χ1) is 29.5. The number of nitrogens with zero attached hydrogens (tertiary/aromatic N) is 6. The molecular weight excluding hydrogens is 849 g/mol. The topological polar surface area (TPSA) is 95.1 Å². The average molecular weight is 901 g/mol. The maximum atomic E-state index is 15.3. The maximum Gasteiger partial charge on any atom is 0.319 e. The Morgan fingerprint density at radius 1 is 0.952 bits per heavy atom. The minimum atomic E-state index is -2.92. The molecule has 2 bridgehead atoms. The van der Waals surface area contributed by atoms with Gasteiger partial charge in [-0.2, -0.15) is 15.1 Å². The third-order valence-electron chi connectivity index (χ3n) is 15.1. The largest absolute Gasteiger partial charge is 0.462 e. The van der Waals surface area contributed by atoms with Gasteiger partial charge in [-0.15, -0.1) is 28.2 Å². The van der Waals surface area contributed by atoms with Crippen LogP contribution >= 0.6 is 22.7 Å². The smallest absolute Gasteiger partial charge is 0.319 e. The number of anilines is 1. The number of ether oxygens (including phenoxy) is 1. The van der Waals surface area contributed by atoms with E-state index in [2.05, 4.69) is 84.9 Å². The summed E-state index contributed by atoms with van der Waals surface area (Å²) in [6, 6.07) is 4.91. The molecule has 3 saturated heterocycles. The minimum Gasteiger partial charge on any atom is -0.462 e. The first kappa shape index (κ1) is 40.9. The number of fused-ring (bicyclic) bond motifs is 7. The van der Waals surface area contributed by atoms with Crippen molar-refractivity contribution < 1.29 is 22.3 Å². The van der Waals surface area contributed by atoms with Crippen molar-refractivity contribution >= 4 is 77.9 Å². The van der Waals surface area contributed by atoms with Crippen LogP contribution in [-0.4, -0.2) is 101 Å². The monoisotopic (exact) mass is 900 g/mol. The fraction of sp³-hybridized carbons (Fsp3) is 0.565. The summed E-state index contributed by atoms with van der Waals surface area (Å²) in [4.78, 5) is 20.1. The molecule has 11 rings (SSSR count). The number of likely N-dealkylation sites (tertiary alicyclic amines) is 1. The molecular formula is C46H52F4N8OS2Si. The molecule has 0 radical (unpaired) electrons. The van der Waals surface area contributed by atoms with Gasteiger partial charge in [0.1, 0.15) is 25.3 Å². The van der Waals surface area contributed by atoms with E-state index in [0.717, 1.165) is 85.0 Å². The molecule has 326 valence electrons. The Hall–Kier alpha value is -3.88. The van der Waals surface area contributed by atoms with Gasteiger partial charge in [0, 0.05) is 113 Å². The van der Waals surface area contributed by atoms with E-state index in [1.165, 1.54) is 11.3 Å². The summed E-state index contributed by atoms with van der Waals surface area (Å²) >= 11 is 3.21. The molecule has 3 atom stereocenters. The number of hydrogen-bond donors (Lipinski definition) is 2. The Bertz CT molecular complexity index is 2790. The number of aromatic amines is 1. The van der Waals surface area contributed by atoms with Crippen LogP contribution in [0.2, 0.25) is 16.6 Å². The van der Waals surface area contributed by atoms with Crippen molar-refractivity contribution in [3.63, 3.8) is 0 Å². The van der Waals surface area contributed by atoms with Gasteiger partial charge < -0.3 is 19.9 Å². The predicted octanol–water partition coefficient (Wildman–Crippen LogP) is 10.6. The minimum absolute atomic E-state index is 0.0723. The number of aromatic nitrogens is 5. The van der Waals surface area contributed by atoms with E-state index in [0.29, 0.717) is 46.6 Å². The molecule has 5 fully saturated rings. The Kier molecular flexibility index (Phi) is 9.26. The predicted molar refractivity (Wildman–Crippen MR) is 244 cm³/mol. The zero-order valence-corrected chi connectivity index (χ0v) is 38.6. The molecule has 5 aromatic heterocycles. The lowest BCUT2D eigenvalue weighted by Crippen LogP contribution is -2.66. The summed E-state index contributed by atoms with van der Waals surface area (Å²) in [5, 5.41) is 17.5. The highest BCUT2D eigenvalue weighted by Crippen LogP contribution is 2.63. The van der Waals surface area contributed by atoms with Crippen molar-refractivity contribution in [3.8, 4) is 28.7 Å². The number of nitrogens with one attached hydrogen (secondary N) is 2. The molecule has 9 nitrogen and oxygen atoms in total. The Morgan fingerprint density at radius 2 is 1.66 bits per heavy atom. The second-order valence-electron chi connectivity index (χ2n) is 20.2. The Balaban J connectivity index is 1.02. The highest BCUT2D eigenvalue weighted by atomic mass is 32.1. The van der Waals surface area contributed by atoms with Crippen LogP contribution in [0.25, 0.3) is 52.5 Å². The molecule has 0 amide bonds. The molecule has 5 aliphatic rings. The van der Waals surface area contributed by atoms with E-state index in [1.807, 2.05) is 23.4 Å². The highest BCUT2D eigenvalue weighted by molar-refractivity contribution is 7.26. The SMILES string of the molecule is CC(C)[Si](C#Cc1csc2cc3[nH]ncc3c(-c3nccc4c3sc3nc(OC[C@]5(CN6CC7(C6)CC(F)(F)C7)CC5(F)F)nc(N5C[C@H]6CC[C@@H](C5)N6)c34)c12)(C(C)C)C(C)C. The van der Waals surface area contributed by atoms with E-state index < -0.39 is 30.7 Å². The van der Waals surface area contributed by atoms with E-state index >= 15 is 8.78 Å². The van der Waals surface area contributed by atoms with Crippen molar-refractivity contribution in [1.29, 1.82) is 0 Å². The lowest BCUT2D eigenvalue weighted by Gasteiger charge is -2.59. The molecule has 2 N–H and O–H groups in total. The van der Waals surface area contributed by atoms with Crippen LogP contribution in [0.5, 0.6) is 6.01 Å². The standard InChI is InChI=1S/C46H52F4N8OS2Si/c1-25(2)62(26(3)4,27(5)6)12-10-28-17-60-34-13-33-32(14-52-56-33)36(35(28)34)38-39-31(9-11-51-38)37-40(58-15-29-7-8-30(16-58)53-29)54-42(55-41(37)61-39)59-24-44(20-46(44,49)50)23-57-21-43(22-57)18-45(47,48)19-43/h9,11,13-14,17,25-27,29-30,53H,7-8,15-16,18-24H2,1-6H3,(H,52,56)/t29-,30+,44-/m1/s1. The van der Waals surface area contributed by atoms with E-state index in [1.54, 1.807) is 11.3 Å². The van der Waals surface area contributed by atoms with Crippen LogP contribution in [-0.2, 0) is 0 Å². The fourth-order valence-electron chi connectivity index (χ4n) is 12.2. The van der Waals surface area contributed by atoms with Gasteiger partial charge in [0.05, 0.1) is 32.9 Å². The van der Waals surface area contributed by atoms with Gasteiger partial charge in [0.2, 0.25) is 5.92 Å². The number of H-pyrrole nitrogens is 1. The van der Waals surface area contributed by atoms with Crippen molar-refractivity contribution in [2.24, 2.45) is 10.8 Å². The van der Waals surface area contributed by atoms with Gasteiger partial charge in [-0.3, -0.25) is 10.1 Å². The van der Waals surface area contributed by atoms with Crippen LogP contribution in [0.15, 0.2) is 29.9 Å². The van der Waals surface area contributed by atoms with Gasteiger partial charge in [-0.25, -0.2) is 17.6 Å². The fourth-order valence-corrected chi connectivity index (χ4v) is 19.5. The Labute approximate surface area is 367 Å². The quantitative estimate of drug-likeness (QED) is 0.0798. The molecule has 16 heteroatoms. The highest BCUT2D eigenvalue weighted by Gasteiger charge is 2.73. The summed E-state index contributed by atoms with van der Waals surface area (Å²) in [6.07, 6.45) is 5.27. The molecule has 62 heavy (non-hydrogen) atoms. The molecule has 1 spiro atoms. The number of thiophene rings is 2. The number of benzene rings is 1. The maximum absolute atomic E-state index is 15.3. The van der Waals surface area contributed by atoms with Crippen LogP contribution in [0.4, 0.5) is 23.4 Å². The van der Waals surface area contributed by atoms with E-state index in [9.17, 15) is 8.78 Å². The summed E-state index contributed by atoms with van der Waals surface area (Å²) in [5.74, 6) is -1.05. The summed E-state index contributed by atoms with van der Waals surface area (Å²) in [7, 11) is -2.04. The van der Waals surface area contributed by atoms with E-state index in [4.69, 9.17) is 19.7 Å². The van der Waals surface area contributed by atoms with Crippen molar-refractivity contribution in [1.82, 2.24) is 35.4 Å². The molecule has 3 aliphatic heterocycles. The van der Waals surface area contributed by atoms with E-state index in [-0.39, 0.29) is 38.4 Å². The number of halogens is 4. The van der Waals surface area contributed by atoms with Crippen LogP contribution < -0.4 is 15.0 Å².